The van der Waals surface area contributed by atoms with Crippen LogP contribution < -0.4 is 5.32 Å². The summed E-state index contributed by atoms with van der Waals surface area (Å²) >= 11 is 0. The van der Waals surface area contributed by atoms with Gasteiger partial charge < -0.3 is 9.88 Å². The maximum absolute atomic E-state index is 4.48. The lowest BCUT2D eigenvalue weighted by Crippen LogP contribution is -2.09. The molecule has 0 amide bonds. The molecule has 1 N–H and O–H groups in total. The summed E-state index contributed by atoms with van der Waals surface area (Å²) in [6, 6.07) is 6.76. The van der Waals surface area contributed by atoms with Crippen LogP contribution in [0.15, 0.2) is 24.4 Å². The SMILES string of the molecule is CCCCc1ccc(-n2cc(C)nc2C)cc1CNC. The van der Waals surface area contributed by atoms with Gasteiger partial charge in [-0.1, -0.05) is 19.4 Å². The maximum atomic E-state index is 4.48. The predicted octanol–water partition coefficient (Wildman–Crippen LogP) is 3.55. The van der Waals surface area contributed by atoms with Crippen molar-refractivity contribution in [3.05, 3.63) is 47.0 Å². The zero-order valence-corrected chi connectivity index (χ0v) is 13.0. The zero-order valence-electron chi connectivity index (χ0n) is 13.0. The summed E-state index contributed by atoms with van der Waals surface area (Å²) in [5, 5.41) is 3.27. The molecule has 0 aliphatic carbocycles. The standard InChI is InChI=1S/C17H25N3/c1-5-6-7-15-8-9-17(10-16(15)11-18-4)20-12-13(2)19-14(20)3/h8-10,12,18H,5-7,11H2,1-4H3. The number of hydrogen-bond acceptors (Lipinski definition) is 2. The van der Waals surface area contributed by atoms with E-state index in [-0.39, 0.29) is 0 Å². The zero-order chi connectivity index (χ0) is 14.5. The van der Waals surface area contributed by atoms with Gasteiger partial charge in [0.15, 0.2) is 0 Å². The van der Waals surface area contributed by atoms with Crippen molar-refractivity contribution in [2.75, 3.05) is 7.05 Å². The van der Waals surface area contributed by atoms with Gasteiger partial charge in [-0.25, -0.2) is 4.98 Å². The lowest BCUT2D eigenvalue weighted by atomic mass is 10.0. The molecule has 0 saturated carbocycles. The average molecular weight is 271 g/mol. The van der Waals surface area contributed by atoms with Gasteiger partial charge in [-0.15, -0.1) is 0 Å². The van der Waals surface area contributed by atoms with Crippen molar-refractivity contribution in [1.29, 1.82) is 0 Å². The number of nitrogens with zero attached hydrogens (tertiary/aromatic N) is 2. The summed E-state index contributed by atoms with van der Waals surface area (Å²) in [5.74, 6) is 1.04. The molecule has 20 heavy (non-hydrogen) atoms. The Balaban J connectivity index is 2.36. The summed E-state index contributed by atoms with van der Waals surface area (Å²) in [4.78, 5) is 4.48. The van der Waals surface area contributed by atoms with Crippen molar-refractivity contribution in [3.8, 4) is 5.69 Å². The second-order valence-electron chi connectivity index (χ2n) is 5.39. The van der Waals surface area contributed by atoms with E-state index >= 15 is 0 Å². The highest BCUT2D eigenvalue weighted by Gasteiger charge is 2.07. The van der Waals surface area contributed by atoms with Crippen LogP contribution >= 0.6 is 0 Å². The molecule has 0 fully saturated rings. The van der Waals surface area contributed by atoms with E-state index in [4.69, 9.17) is 0 Å². The molecule has 0 aliphatic heterocycles. The van der Waals surface area contributed by atoms with Crippen LogP contribution in [0.3, 0.4) is 0 Å². The highest BCUT2D eigenvalue weighted by molar-refractivity contribution is 5.42. The third-order valence-corrected chi connectivity index (χ3v) is 3.64. The van der Waals surface area contributed by atoms with Crippen molar-refractivity contribution in [2.45, 2.75) is 46.6 Å². The van der Waals surface area contributed by atoms with Gasteiger partial charge in [0.2, 0.25) is 0 Å². The van der Waals surface area contributed by atoms with Gasteiger partial charge in [0.05, 0.1) is 5.69 Å². The van der Waals surface area contributed by atoms with Crippen LogP contribution in [0, 0.1) is 13.8 Å². The molecule has 108 valence electrons. The van der Waals surface area contributed by atoms with Crippen LogP contribution in [0.25, 0.3) is 5.69 Å². The Bertz CT molecular complexity index is 570. The molecular formula is C17H25N3. The van der Waals surface area contributed by atoms with Gasteiger partial charge in [-0.2, -0.15) is 0 Å². The molecule has 0 radical (unpaired) electrons. The molecule has 1 aromatic heterocycles. The van der Waals surface area contributed by atoms with Crippen LogP contribution in [-0.2, 0) is 13.0 Å². The summed E-state index contributed by atoms with van der Waals surface area (Å²) < 4.78 is 2.16. The van der Waals surface area contributed by atoms with Crippen LogP contribution in [0.5, 0.6) is 0 Å². The molecule has 0 unspecified atom stereocenters. The van der Waals surface area contributed by atoms with E-state index in [1.54, 1.807) is 0 Å². The average Bonchev–Trinajstić information content (AvgIpc) is 2.76. The van der Waals surface area contributed by atoms with Gasteiger partial charge in [0, 0.05) is 18.4 Å². The van der Waals surface area contributed by atoms with Gasteiger partial charge >= 0.3 is 0 Å². The van der Waals surface area contributed by atoms with E-state index in [1.807, 2.05) is 14.0 Å². The molecular weight excluding hydrogens is 246 g/mol. The fraction of sp³-hybridized carbons (Fsp3) is 0.471. The van der Waals surface area contributed by atoms with Crippen molar-refractivity contribution >= 4 is 0 Å². The van der Waals surface area contributed by atoms with Gasteiger partial charge in [0.1, 0.15) is 5.82 Å². The minimum Gasteiger partial charge on any atom is -0.316 e. The first-order valence-corrected chi connectivity index (χ1v) is 7.45. The highest BCUT2D eigenvalue weighted by Crippen LogP contribution is 2.19. The maximum Gasteiger partial charge on any atom is 0.110 e. The summed E-state index contributed by atoms with van der Waals surface area (Å²) in [6.07, 6.45) is 5.75. The highest BCUT2D eigenvalue weighted by atomic mass is 15.1. The number of benzene rings is 1. The third-order valence-electron chi connectivity index (χ3n) is 3.64. The Morgan fingerprint density at radius 1 is 1.20 bits per heavy atom. The first-order chi connectivity index (χ1) is 9.65. The minimum atomic E-state index is 0.916. The molecule has 0 spiro atoms. The quantitative estimate of drug-likeness (QED) is 0.870. The monoisotopic (exact) mass is 271 g/mol. The number of unbranched alkanes of at least 4 members (excludes halogenated alkanes) is 1. The number of aryl methyl sites for hydroxylation is 3. The number of nitrogens with one attached hydrogen (secondary N) is 1. The van der Waals surface area contributed by atoms with Crippen molar-refractivity contribution < 1.29 is 0 Å². The first-order valence-electron chi connectivity index (χ1n) is 7.45. The molecule has 0 bridgehead atoms. The van der Waals surface area contributed by atoms with Gasteiger partial charge in [0.25, 0.3) is 0 Å². The van der Waals surface area contributed by atoms with Crippen LogP contribution in [0.1, 0.15) is 42.4 Å². The number of hydrogen-bond donors (Lipinski definition) is 1. The molecule has 1 aromatic carbocycles. The smallest absolute Gasteiger partial charge is 0.110 e. The molecule has 0 atom stereocenters. The van der Waals surface area contributed by atoms with Crippen LogP contribution in [0.2, 0.25) is 0 Å². The van der Waals surface area contributed by atoms with E-state index < -0.39 is 0 Å². The lowest BCUT2D eigenvalue weighted by molar-refractivity contribution is 0.760. The molecule has 1 heterocycles. The van der Waals surface area contributed by atoms with E-state index in [9.17, 15) is 0 Å². The Morgan fingerprint density at radius 3 is 2.60 bits per heavy atom. The van der Waals surface area contributed by atoms with E-state index in [1.165, 1.54) is 29.7 Å². The number of imidazole rings is 1. The Morgan fingerprint density at radius 2 is 2.00 bits per heavy atom. The normalized spacial score (nSPS) is 11.0. The predicted molar refractivity (Wildman–Crippen MR) is 84.4 cm³/mol. The topological polar surface area (TPSA) is 29.9 Å². The van der Waals surface area contributed by atoms with Gasteiger partial charge in [-0.3, -0.25) is 0 Å². The fourth-order valence-corrected chi connectivity index (χ4v) is 2.61. The fourth-order valence-electron chi connectivity index (χ4n) is 2.61. The lowest BCUT2D eigenvalue weighted by Gasteiger charge is -2.13. The Hall–Kier alpha value is -1.61. The van der Waals surface area contributed by atoms with Crippen molar-refractivity contribution in [2.24, 2.45) is 0 Å². The van der Waals surface area contributed by atoms with Gasteiger partial charge in [-0.05, 0) is 57.0 Å². The summed E-state index contributed by atoms with van der Waals surface area (Å²) in [6.45, 7) is 7.24. The van der Waals surface area contributed by atoms with Crippen molar-refractivity contribution in [1.82, 2.24) is 14.9 Å². The van der Waals surface area contributed by atoms with Crippen LogP contribution in [0.4, 0.5) is 0 Å². The van der Waals surface area contributed by atoms with Crippen LogP contribution in [-0.4, -0.2) is 16.6 Å². The molecule has 3 nitrogen and oxygen atoms in total. The third kappa shape index (κ3) is 3.28. The van der Waals surface area contributed by atoms with Crippen molar-refractivity contribution in [3.63, 3.8) is 0 Å². The number of rotatable bonds is 6. The summed E-state index contributed by atoms with van der Waals surface area (Å²) in [5.41, 5.74) is 5.12. The summed E-state index contributed by atoms with van der Waals surface area (Å²) in [7, 11) is 2.00. The molecule has 0 aliphatic rings. The molecule has 3 heteroatoms. The van der Waals surface area contributed by atoms with E-state index in [2.05, 4.69) is 53.1 Å². The van der Waals surface area contributed by atoms with E-state index in [0.29, 0.717) is 0 Å². The molecule has 0 saturated heterocycles. The van der Waals surface area contributed by atoms with E-state index in [0.717, 1.165) is 24.5 Å². The minimum absolute atomic E-state index is 0.916. The number of aromatic nitrogens is 2. The Labute approximate surface area is 122 Å². The first kappa shape index (κ1) is 14.8. The molecule has 2 rings (SSSR count). The largest absolute Gasteiger partial charge is 0.316 e. The Kier molecular flexibility index (Phi) is 4.96. The molecule has 2 aromatic rings. The second kappa shape index (κ2) is 6.71. The second-order valence-corrected chi connectivity index (χ2v) is 5.39.